The number of aliphatic hydroxyl groups excluding tert-OH is 5. The van der Waals surface area contributed by atoms with E-state index < -0.39 is 49.3 Å². The number of ether oxygens (including phenoxy) is 1. The van der Waals surface area contributed by atoms with Gasteiger partial charge in [-0.15, -0.1) is 0 Å². The molecular formula is C14H18O10. The van der Waals surface area contributed by atoms with Gasteiger partial charge in [0.2, 0.25) is 0 Å². The predicted octanol–water partition coefficient (Wildman–Crippen LogP) is -2.14. The first-order chi connectivity index (χ1) is 11.2. The highest BCUT2D eigenvalue weighted by Gasteiger charge is 2.42. The van der Waals surface area contributed by atoms with Crippen molar-refractivity contribution in [2.45, 2.75) is 30.7 Å². The molecule has 1 fully saturated rings. The van der Waals surface area contributed by atoms with Crippen molar-refractivity contribution in [3.8, 4) is 0 Å². The van der Waals surface area contributed by atoms with Crippen LogP contribution in [0.1, 0.15) is 20.7 Å². The number of hydrogen-bond donors (Lipinski definition) is 7. The number of rotatable bonds is 3. The highest BCUT2D eigenvalue weighted by molar-refractivity contribution is 5.91. The summed E-state index contributed by atoms with van der Waals surface area (Å²) in [6, 6.07) is 5.02. The quantitative estimate of drug-likeness (QED) is 0.318. The van der Waals surface area contributed by atoms with E-state index in [-0.39, 0.29) is 11.1 Å². The average Bonchev–Trinajstić information content (AvgIpc) is 2.56. The third-order valence-electron chi connectivity index (χ3n) is 3.25. The zero-order valence-electron chi connectivity index (χ0n) is 12.3. The Hall–Kier alpha value is -2.08. The smallest absolute Gasteiger partial charge is 0.335 e. The number of aromatic carboxylic acids is 2. The van der Waals surface area contributed by atoms with Crippen LogP contribution in [0.15, 0.2) is 24.3 Å². The van der Waals surface area contributed by atoms with Gasteiger partial charge in [-0.25, -0.2) is 9.59 Å². The first kappa shape index (κ1) is 20.0. The molecule has 1 saturated heterocycles. The predicted molar refractivity (Wildman–Crippen MR) is 76.3 cm³/mol. The van der Waals surface area contributed by atoms with Crippen LogP contribution in [-0.4, -0.2) is 85.0 Å². The second kappa shape index (κ2) is 8.68. The van der Waals surface area contributed by atoms with E-state index in [4.69, 9.17) is 35.7 Å². The zero-order valence-corrected chi connectivity index (χ0v) is 12.3. The third kappa shape index (κ3) is 4.96. The van der Waals surface area contributed by atoms with E-state index in [1.807, 2.05) is 0 Å². The molecule has 24 heavy (non-hydrogen) atoms. The molecule has 5 atom stereocenters. The normalized spacial score (nSPS) is 29.3. The summed E-state index contributed by atoms with van der Waals surface area (Å²) >= 11 is 0. The van der Waals surface area contributed by atoms with Gasteiger partial charge >= 0.3 is 11.9 Å². The molecule has 134 valence electrons. The number of aliphatic hydroxyl groups is 5. The molecule has 1 unspecified atom stereocenters. The van der Waals surface area contributed by atoms with E-state index in [0.717, 1.165) is 0 Å². The van der Waals surface area contributed by atoms with Crippen molar-refractivity contribution in [1.29, 1.82) is 0 Å². The van der Waals surface area contributed by atoms with E-state index in [2.05, 4.69) is 4.74 Å². The molecule has 2 rings (SSSR count). The second-order valence-corrected chi connectivity index (χ2v) is 4.91. The maximum absolute atomic E-state index is 10.3. The summed E-state index contributed by atoms with van der Waals surface area (Å²) in [5, 5.41) is 61.6. The van der Waals surface area contributed by atoms with Crippen molar-refractivity contribution in [1.82, 2.24) is 0 Å². The number of carboxylic acid groups (broad SMARTS) is 2. The second-order valence-electron chi connectivity index (χ2n) is 4.91. The summed E-state index contributed by atoms with van der Waals surface area (Å²) in [6.45, 7) is -0.526. The van der Waals surface area contributed by atoms with Gasteiger partial charge in [0, 0.05) is 0 Å². The minimum atomic E-state index is -1.57. The van der Waals surface area contributed by atoms with Crippen LogP contribution in [0.4, 0.5) is 0 Å². The van der Waals surface area contributed by atoms with Crippen LogP contribution < -0.4 is 0 Å². The molecule has 10 heteroatoms. The Labute approximate surface area is 135 Å². The van der Waals surface area contributed by atoms with Gasteiger partial charge in [-0.2, -0.15) is 0 Å². The van der Waals surface area contributed by atoms with Crippen molar-refractivity contribution >= 4 is 11.9 Å². The number of carbonyl (C=O) groups is 2. The summed E-state index contributed by atoms with van der Waals surface area (Å²) in [6.07, 6.45) is -7.04. The monoisotopic (exact) mass is 346 g/mol. The first-order valence-electron chi connectivity index (χ1n) is 6.74. The molecule has 1 heterocycles. The SMILES string of the molecule is O=C(O)c1ccc(C(=O)O)cc1.OC[C@H]1OC(O)[C@H](O)[C@@H](O)[C@@H]1O. The standard InChI is InChI=1S/C8H6O4.C6H12O6/c9-7(10)5-1-2-6(4-3-5)8(11)12;7-1-2-3(8)4(9)5(10)6(11)12-2/h1-4H,(H,9,10)(H,11,12);2-11H,1H2/t;2-,3-,4+,5-,6?/m.1/s1. The van der Waals surface area contributed by atoms with Gasteiger partial charge in [0.05, 0.1) is 17.7 Å². The maximum atomic E-state index is 10.3. The van der Waals surface area contributed by atoms with Gasteiger partial charge in [0.15, 0.2) is 6.29 Å². The molecule has 1 aliphatic rings. The van der Waals surface area contributed by atoms with Crippen LogP contribution in [0.25, 0.3) is 0 Å². The Morgan fingerprint density at radius 3 is 1.58 bits per heavy atom. The number of hydrogen-bond acceptors (Lipinski definition) is 8. The maximum Gasteiger partial charge on any atom is 0.335 e. The van der Waals surface area contributed by atoms with Crippen LogP contribution >= 0.6 is 0 Å². The summed E-state index contributed by atoms with van der Waals surface area (Å²) in [7, 11) is 0. The van der Waals surface area contributed by atoms with Crippen molar-refractivity contribution in [2.24, 2.45) is 0 Å². The molecule has 10 nitrogen and oxygen atoms in total. The van der Waals surface area contributed by atoms with E-state index in [0.29, 0.717) is 0 Å². The van der Waals surface area contributed by atoms with Crippen LogP contribution in [0.2, 0.25) is 0 Å². The number of benzene rings is 1. The van der Waals surface area contributed by atoms with Crippen molar-refractivity contribution in [3.63, 3.8) is 0 Å². The fourth-order valence-corrected chi connectivity index (χ4v) is 1.84. The zero-order chi connectivity index (χ0) is 18.4. The Balaban J connectivity index is 0.000000240. The lowest BCUT2D eigenvalue weighted by molar-refractivity contribution is -0.286. The lowest BCUT2D eigenvalue weighted by atomic mass is 10.00. The molecule has 0 saturated carbocycles. The largest absolute Gasteiger partial charge is 0.478 e. The van der Waals surface area contributed by atoms with Crippen LogP contribution in [0.5, 0.6) is 0 Å². The molecule has 0 radical (unpaired) electrons. The van der Waals surface area contributed by atoms with E-state index in [1.54, 1.807) is 0 Å². The van der Waals surface area contributed by atoms with Gasteiger partial charge in [-0.3, -0.25) is 0 Å². The summed E-state index contributed by atoms with van der Waals surface area (Å²) in [5.74, 6) is -2.13. The molecular weight excluding hydrogens is 328 g/mol. The van der Waals surface area contributed by atoms with Crippen molar-refractivity contribution < 1.29 is 50.1 Å². The summed E-state index contributed by atoms with van der Waals surface area (Å²) < 4.78 is 4.58. The van der Waals surface area contributed by atoms with Gasteiger partial charge in [-0.1, -0.05) is 0 Å². The molecule has 0 spiro atoms. The van der Waals surface area contributed by atoms with Crippen molar-refractivity contribution in [3.05, 3.63) is 35.4 Å². The highest BCUT2D eigenvalue weighted by atomic mass is 16.6. The minimum absolute atomic E-state index is 0.0833. The van der Waals surface area contributed by atoms with Crippen LogP contribution in [0.3, 0.4) is 0 Å². The van der Waals surface area contributed by atoms with Gasteiger partial charge in [0.1, 0.15) is 24.4 Å². The minimum Gasteiger partial charge on any atom is -0.478 e. The summed E-state index contributed by atoms with van der Waals surface area (Å²) in [5.41, 5.74) is 0.167. The van der Waals surface area contributed by atoms with Crippen molar-refractivity contribution in [2.75, 3.05) is 6.61 Å². The lowest BCUT2D eigenvalue weighted by Crippen LogP contribution is -2.58. The molecule has 0 bridgehead atoms. The third-order valence-corrected chi connectivity index (χ3v) is 3.25. The number of carboxylic acids is 2. The molecule has 1 aromatic rings. The molecule has 0 amide bonds. The van der Waals surface area contributed by atoms with Gasteiger partial charge in [0.25, 0.3) is 0 Å². The molecule has 1 aliphatic heterocycles. The molecule has 7 N–H and O–H groups in total. The Morgan fingerprint density at radius 2 is 1.25 bits per heavy atom. The average molecular weight is 346 g/mol. The van der Waals surface area contributed by atoms with Crippen LogP contribution in [0, 0.1) is 0 Å². The molecule has 1 aromatic carbocycles. The van der Waals surface area contributed by atoms with E-state index in [1.165, 1.54) is 24.3 Å². The highest BCUT2D eigenvalue weighted by Crippen LogP contribution is 2.19. The summed E-state index contributed by atoms with van der Waals surface area (Å²) in [4.78, 5) is 20.7. The van der Waals surface area contributed by atoms with Gasteiger partial charge in [-0.05, 0) is 24.3 Å². The topological polar surface area (TPSA) is 185 Å². The van der Waals surface area contributed by atoms with E-state index in [9.17, 15) is 9.59 Å². The fourth-order valence-electron chi connectivity index (χ4n) is 1.84. The fraction of sp³-hybridized carbons (Fsp3) is 0.429. The Bertz CT molecular complexity index is 519. The van der Waals surface area contributed by atoms with E-state index >= 15 is 0 Å². The van der Waals surface area contributed by atoms with Gasteiger partial charge < -0.3 is 40.5 Å². The Kier molecular flexibility index (Phi) is 7.22. The first-order valence-corrected chi connectivity index (χ1v) is 6.74. The Morgan fingerprint density at radius 1 is 0.833 bits per heavy atom. The lowest BCUT2D eigenvalue weighted by Gasteiger charge is -2.37. The molecule has 0 aliphatic carbocycles. The molecule has 0 aromatic heterocycles. The van der Waals surface area contributed by atoms with Crippen LogP contribution in [-0.2, 0) is 4.74 Å².